The Morgan fingerprint density at radius 3 is 2.36 bits per heavy atom. The predicted octanol–water partition coefficient (Wildman–Crippen LogP) is 6.40. The maximum atomic E-state index is 5.25. The highest BCUT2D eigenvalue weighted by atomic mass is 32.2. The molecule has 3 rings (SSSR count). The van der Waals surface area contributed by atoms with Crippen LogP contribution in [0.5, 0.6) is 5.75 Å². The van der Waals surface area contributed by atoms with Gasteiger partial charge < -0.3 is 10.1 Å². The van der Waals surface area contributed by atoms with Crippen LogP contribution in [-0.2, 0) is 0 Å². The number of nitrogens with zero attached hydrogens (tertiary/aromatic N) is 1. The van der Waals surface area contributed by atoms with E-state index in [-0.39, 0.29) is 0 Å². The van der Waals surface area contributed by atoms with Crippen LogP contribution in [0.2, 0.25) is 0 Å². The van der Waals surface area contributed by atoms with Crippen molar-refractivity contribution in [3.63, 3.8) is 0 Å². The van der Waals surface area contributed by atoms with Gasteiger partial charge in [-0.1, -0.05) is 49.9 Å². The SMILES string of the molecule is C=C(Nc1cc(-c2ccccc2)ccc1SN(C)CC)c1ccc(OC)cc1. The molecule has 0 saturated carbocycles. The van der Waals surface area contributed by atoms with Crippen LogP contribution in [0.25, 0.3) is 16.8 Å². The highest BCUT2D eigenvalue weighted by molar-refractivity contribution is 7.97. The monoisotopic (exact) mass is 390 g/mol. The van der Waals surface area contributed by atoms with Gasteiger partial charge in [0.25, 0.3) is 0 Å². The number of anilines is 1. The minimum Gasteiger partial charge on any atom is -0.497 e. The average Bonchev–Trinajstić information content (AvgIpc) is 2.75. The molecule has 0 aliphatic heterocycles. The highest BCUT2D eigenvalue weighted by Crippen LogP contribution is 2.35. The molecular formula is C24H26N2OS. The first-order valence-electron chi connectivity index (χ1n) is 9.29. The fourth-order valence-electron chi connectivity index (χ4n) is 2.78. The standard InChI is InChI=1S/C24H26N2OS/c1-5-26(3)28-24-16-13-21(20-9-7-6-8-10-20)17-23(24)25-18(2)19-11-14-22(27-4)15-12-19/h6-17,25H,2,5H2,1,3-4H3. The second-order valence-corrected chi connectivity index (χ2v) is 7.69. The first kappa shape index (κ1) is 20.1. The maximum absolute atomic E-state index is 5.25. The molecule has 0 aliphatic carbocycles. The molecule has 0 aromatic heterocycles. The highest BCUT2D eigenvalue weighted by Gasteiger charge is 2.10. The van der Waals surface area contributed by atoms with Crippen molar-refractivity contribution in [3.8, 4) is 16.9 Å². The van der Waals surface area contributed by atoms with Gasteiger partial charge in [-0.3, -0.25) is 0 Å². The van der Waals surface area contributed by atoms with Crippen molar-refractivity contribution in [3.05, 3.63) is 84.9 Å². The molecule has 0 fully saturated rings. The Bertz CT molecular complexity index is 923. The normalized spacial score (nSPS) is 10.7. The molecule has 0 aliphatic rings. The van der Waals surface area contributed by atoms with Crippen molar-refractivity contribution >= 4 is 23.3 Å². The summed E-state index contributed by atoms with van der Waals surface area (Å²) in [5.41, 5.74) is 5.31. The van der Waals surface area contributed by atoms with Gasteiger partial charge in [-0.15, -0.1) is 0 Å². The lowest BCUT2D eigenvalue weighted by Crippen LogP contribution is -2.08. The largest absolute Gasteiger partial charge is 0.497 e. The number of hydrogen-bond donors (Lipinski definition) is 1. The van der Waals surface area contributed by atoms with Crippen LogP contribution in [0.1, 0.15) is 12.5 Å². The van der Waals surface area contributed by atoms with Crippen LogP contribution >= 0.6 is 11.9 Å². The molecule has 0 heterocycles. The Morgan fingerprint density at radius 1 is 1.00 bits per heavy atom. The maximum Gasteiger partial charge on any atom is 0.118 e. The first-order chi connectivity index (χ1) is 13.6. The second kappa shape index (κ2) is 9.49. The Labute approximate surface area is 172 Å². The average molecular weight is 391 g/mol. The summed E-state index contributed by atoms with van der Waals surface area (Å²) in [6, 6.07) is 24.9. The summed E-state index contributed by atoms with van der Waals surface area (Å²) in [4.78, 5) is 1.17. The molecule has 3 aromatic carbocycles. The Morgan fingerprint density at radius 2 is 1.71 bits per heavy atom. The first-order valence-corrected chi connectivity index (χ1v) is 10.1. The van der Waals surface area contributed by atoms with Crippen molar-refractivity contribution in [2.24, 2.45) is 0 Å². The molecule has 3 nitrogen and oxygen atoms in total. The van der Waals surface area contributed by atoms with Gasteiger partial charge in [-0.05, 0) is 72.1 Å². The van der Waals surface area contributed by atoms with Crippen molar-refractivity contribution in [2.75, 3.05) is 26.0 Å². The van der Waals surface area contributed by atoms with Crippen molar-refractivity contribution in [1.29, 1.82) is 0 Å². The molecule has 1 N–H and O–H groups in total. The van der Waals surface area contributed by atoms with Gasteiger partial charge in [-0.25, -0.2) is 4.31 Å². The van der Waals surface area contributed by atoms with E-state index in [1.54, 1.807) is 19.1 Å². The summed E-state index contributed by atoms with van der Waals surface area (Å²) in [6.45, 7) is 7.35. The van der Waals surface area contributed by atoms with Crippen molar-refractivity contribution < 1.29 is 4.74 Å². The summed E-state index contributed by atoms with van der Waals surface area (Å²) < 4.78 is 7.46. The van der Waals surface area contributed by atoms with E-state index in [4.69, 9.17) is 4.74 Å². The van der Waals surface area contributed by atoms with Crippen LogP contribution in [0.15, 0.2) is 84.3 Å². The quantitative estimate of drug-likeness (QED) is 0.450. The minimum atomic E-state index is 0.837. The van der Waals surface area contributed by atoms with Crippen LogP contribution in [0, 0.1) is 0 Å². The predicted molar refractivity (Wildman–Crippen MR) is 122 cm³/mol. The molecule has 0 unspecified atom stereocenters. The van der Waals surface area contributed by atoms with Crippen molar-refractivity contribution in [2.45, 2.75) is 11.8 Å². The number of benzene rings is 3. The zero-order valence-corrected chi connectivity index (χ0v) is 17.4. The number of ether oxygens (including phenoxy) is 1. The van der Waals surface area contributed by atoms with Gasteiger partial charge in [0.05, 0.1) is 12.8 Å². The third-order valence-electron chi connectivity index (χ3n) is 4.51. The zero-order valence-electron chi connectivity index (χ0n) is 16.6. The van der Waals surface area contributed by atoms with Crippen LogP contribution < -0.4 is 10.1 Å². The lowest BCUT2D eigenvalue weighted by atomic mass is 10.0. The topological polar surface area (TPSA) is 24.5 Å². The zero-order chi connectivity index (χ0) is 19.9. The van der Waals surface area contributed by atoms with Crippen LogP contribution in [0.4, 0.5) is 5.69 Å². The van der Waals surface area contributed by atoms with Gasteiger partial charge in [0.2, 0.25) is 0 Å². The summed E-state index contributed by atoms with van der Waals surface area (Å²) in [5, 5.41) is 3.52. The number of rotatable bonds is 8. The fourth-order valence-corrected chi connectivity index (χ4v) is 3.58. The van der Waals surface area contributed by atoms with E-state index in [0.717, 1.165) is 29.2 Å². The third kappa shape index (κ3) is 4.97. The number of nitrogens with one attached hydrogen (secondary N) is 1. The number of hydrogen-bond acceptors (Lipinski definition) is 4. The van der Waals surface area contributed by atoms with E-state index in [1.807, 2.05) is 30.3 Å². The third-order valence-corrected chi connectivity index (χ3v) is 5.63. The van der Waals surface area contributed by atoms with Crippen LogP contribution in [-0.4, -0.2) is 25.0 Å². The molecule has 28 heavy (non-hydrogen) atoms. The van der Waals surface area contributed by atoms with E-state index in [9.17, 15) is 0 Å². The van der Waals surface area contributed by atoms with Crippen LogP contribution in [0.3, 0.4) is 0 Å². The van der Waals surface area contributed by atoms with E-state index in [1.165, 1.54) is 16.0 Å². The van der Waals surface area contributed by atoms with E-state index < -0.39 is 0 Å². The Hall–Kier alpha value is -2.69. The molecular weight excluding hydrogens is 364 g/mol. The summed E-state index contributed by atoms with van der Waals surface area (Å²) in [7, 11) is 3.77. The molecule has 0 bridgehead atoms. The van der Waals surface area contributed by atoms with Gasteiger partial charge >= 0.3 is 0 Å². The van der Waals surface area contributed by atoms with E-state index in [2.05, 4.69) is 72.6 Å². The van der Waals surface area contributed by atoms with Gasteiger partial charge in [0.1, 0.15) is 5.75 Å². The van der Waals surface area contributed by atoms with Crippen molar-refractivity contribution in [1.82, 2.24) is 4.31 Å². The van der Waals surface area contributed by atoms with Gasteiger partial charge in [0, 0.05) is 17.1 Å². The lowest BCUT2D eigenvalue weighted by molar-refractivity contribution is 0.415. The molecule has 3 aromatic rings. The van der Waals surface area contributed by atoms with Gasteiger partial charge in [0.15, 0.2) is 0 Å². The summed E-state index contributed by atoms with van der Waals surface area (Å²) in [6.07, 6.45) is 0. The van der Waals surface area contributed by atoms with E-state index >= 15 is 0 Å². The molecule has 0 radical (unpaired) electrons. The molecule has 0 saturated heterocycles. The molecule has 144 valence electrons. The second-order valence-electron chi connectivity index (χ2n) is 6.44. The number of methoxy groups -OCH3 is 1. The molecule has 0 spiro atoms. The Balaban J connectivity index is 1.91. The molecule has 0 atom stereocenters. The van der Waals surface area contributed by atoms with Gasteiger partial charge in [-0.2, -0.15) is 0 Å². The molecule has 4 heteroatoms. The summed E-state index contributed by atoms with van der Waals surface area (Å²) in [5.74, 6) is 0.837. The lowest BCUT2D eigenvalue weighted by Gasteiger charge is -2.19. The smallest absolute Gasteiger partial charge is 0.118 e. The molecule has 0 amide bonds. The fraction of sp³-hybridized carbons (Fsp3) is 0.167. The summed E-state index contributed by atoms with van der Waals surface area (Å²) >= 11 is 1.73. The van der Waals surface area contributed by atoms with E-state index in [0.29, 0.717) is 0 Å². The Kier molecular flexibility index (Phi) is 6.80. The minimum absolute atomic E-state index is 0.837.